The molecule has 0 amide bonds. The molecule has 0 radical (unpaired) electrons. The van der Waals surface area contributed by atoms with E-state index in [0.29, 0.717) is 6.61 Å². The number of ether oxygens (including phenoxy) is 1. The molecule has 0 aliphatic rings. The van der Waals surface area contributed by atoms with Crippen molar-refractivity contribution in [2.75, 3.05) is 19.0 Å². The Morgan fingerprint density at radius 3 is 2.85 bits per heavy atom. The van der Waals surface area contributed by atoms with Crippen LogP contribution in [0.4, 0.5) is 5.95 Å². The lowest BCUT2D eigenvalue weighted by molar-refractivity contribution is 0.185. The van der Waals surface area contributed by atoms with Gasteiger partial charge in [0.2, 0.25) is 5.95 Å². The van der Waals surface area contributed by atoms with Crippen LogP contribution in [-0.4, -0.2) is 23.2 Å². The van der Waals surface area contributed by atoms with Crippen molar-refractivity contribution in [2.24, 2.45) is 0 Å². The summed E-state index contributed by atoms with van der Waals surface area (Å²) in [5.74, 6) is 0.902. The second-order valence-electron chi connectivity index (χ2n) is 4.92. The van der Waals surface area contributed by atoms with E-state index in [-0.39, 0.29) is 0 Å². The van der Waals surface area contributed by atoms with E-state index < -0.39 is 0 Å². The molecule has 0 saturated heterocycles. The summed E-state index contributed by atoms with van der Waals surface area (Å²) in [4.78, 5) is 4.57. The van der Waals surface area contributed by atoms with E-state index in [9.17, 15) is 0 Å². The van der Waals surface area contributed by atoms with Gasteiger partial charge in [-0.05, 0) is 19.4 Å². The van der Waals surface area contributed by atoms with Crippen molar-refractivity contribution in [3.8, 4) is 5.69 Å². The van der Waals surface area contributed by atoms with E-state index >= 15 is 0 Å². The van der Waals surface area contributed by atoms with Gasteiger partial charge in [-0.15, -0.1) is 0 Å². The average Bonchev–Trinajstić information content (AvgIpc) is 2.81. The number of rotatable bonds is 7. The average molecular weight is 273 g/mol. The van der Waals surface area contributed by atoms with E-state index in [0.717, 1.165) is 35.9 Å². The van der Waals surface area contributed by atoms with Crippen LogP contribution < -0.4 is 5.32 Å². The van der Waals surface area contributed by atoms with Crippen molar-refractivity contribution in [1.82, 2.24) is 9.55 Å². The number of hydrogen-bond acceptors (Lipinski definition) is 3. The smallest absolute Gasteiger partial charge is 0.207 e. The zero-order chi connectivity index (χ0) is 14.4. The molecule has 0 fully saturated rings. The minimum atomic E-state index is 0.599. The number of hydrogen-bond donors (Lipinski definition) is 1. The molecule has 1 aromatic heterocycles. The highest BCUT2D eigenvalue weighted by atomic mass is 16.5. The first-order valence-electron chi connectivity index (χ1n) is 7.13. The Bertz CT molecular complexity index is 548. The molecule has 0 unspecified atom stereocenters. The maximum absolute atomic E-state index is 5.28. The molecule has 0 bridgehead atoms. The van der Waals surface area contributed by atoms with Crippen LogP contribution in [0, 0.1) is 6.92 Å². The fourth-order valence-electron chi connectivity index (χ4n) is 2.21. The topological polar surface area (TPSA) is 39.1 Å². The highest BCUT2D eigenvalue weighted by Crippen LogP contribution is 2.21. The first-order chi connectivity index (χ1) is 9.76. The highest BCUT2D eigenvalue weighted by molar-refractivity contribution is 5.48. The Morgan fingerprint density at radius 1 is 1.30 bits per heavy atom. The Morgan fingerprint density at radius 2 is 2.10 bits per heavy atom. The first kappa shape index (κ1) is 14.6. The Balaban J connectivity index is 2.32. The fourth-order valence-corrected chi connectivity index (χ4v) is 2.21. The van der Waals surface area contributed by atoms with Crippen LogP contribution in [0.25, 0.3) is 5.69 Å². The Hall–Kier alpha value is -1.81. The number of unbranched alkanes of at least 4 members (excludes halogenated alkanes) is 1. The maximum atomic E-state index is 5.28. The Kier molecular flexibility index (Phi) is 5.18. The van der Waals surface area contributed by atoms with Gasteiger partial charge in [0, 0.05) is 25.4 Å². The quantitative estimate of drug-likeness (QED) is 0.784. The minimum Gasteiger partial charge on any atom is -0.380 e. The fraction of sp³-hybridized carbons (Fsp3) is 0.438. The third kappa shape index (κ3) is 3.39. The predicted molar refractivity (Wildman–Crippen MR) is 82.4 cm³/mol. The number of nitrogens with zero attached hydrogens (tertiary/aromatic N) is 2. The standard InChI is InChI=1S/C16H23N3O/c1-4-5-10-17-16-18-13(2)11-19(16)15-9-7-6-8-14(15)12-20-3/h6-9,11H,4-5,10,12H2,1-3H3,(H,17,18). The number of aryl methyl sites for hydroxylation is 1. The Labute approximate surface area is 120 Å². The SMILES string of the molecule is CCCCNc1nc(C)cn1-c1ccccc1COC. The molecule has 2 rings (SSSR count). The molecule has 0 aliphatic carbocycles. The lowest BCUT2D eigenvalue weighted by atomic mass is 10.2. The van der Waals surface area contributed by atoms with Gasteiger partial charge in [0.1, 0.15) is 0 Å². The van der Waals surface area contributed by atoms with Gasteiger partial charge < -0.3 is 10.1 Å². The minimum absolute atomic E-state index is 0.599. The summed E-state index contributed by atoms with van der Waals surface area (Å²) in [5, 5.41) is 3.41. The van der Waals surface area contributed by atoms with Crippen molar-refractivity contribution in [2.45, 2.75) is 33.3 Å². The number of methoxy groups -OCH3 is 1. The molecule has 1 heterocycles. The number of aromatic nitrogens is 2. The zero-order valence-electron chi connectivity index (χ0n) is 12.5. The number of anilines is 1. The van der Waals surface area contributed by atoms with E-state index in [2.05, 4.69) is 40.1 Å². The van der Waals surface area contributed by atoms with Gasteiger partial charge in [0.25, 0.3) is 0 Å². The van der Waals surface area contributed by atoms with Crippen molar-refractivity contribution in [1.29, 1.82) is 0 Å². The van der Waals surface area contributed by atoms with Gasteiger partial charge in [0.15, 0.2) is 0 Å². The summed E-state index contributed by atoms with van der Waals surface area (Å²) in [6, 6.07) is 8.26. The number of imidazole rings is 1. The molecule has 0 atom stereocenters. The lowest BCUT2D eigenvalue weighted by Gasteiger charge is -2.13. The summed E-state index contributed by atoms with van der Waals surface area (Å²) in [5.41, 5.74) is 3.29. The van der Waals surface area contributed by atoms with Crippen LogP contribution in [0.15, 0.2) is 30.5 Å². The largest absolute Gasteiger partial charge is 0.380 e. The second kappa shape index (κ2) is 7.10. The lowest BCUT2D eigenvalue weighted by Crippen LogP contribution is -2.08. The molecule has 2 aromatic rings. The van der Waals surface area contributed by atoms with E-state index in [1.807, 2.05) is 19.1 Å². The summed E-state index contributed by atoms with van der Waals surface area (Å²) in [6.45, 7) is 5.74. The first-order valence-corrected chi connectivity index (χ1v) is 7.13. The van der Waals surface area contributed by atoms with Crippen LogP contribution in [-0.2, 0) is 11.3 Å². The molecule has 0 spiro atoms. The molecular formula is C16H23N3O. The van der Waals surface area contributed by atoms with Gasteiger partial charge in [0.05, 0.1) is 18.0 Å². The summed E-state index contributed by atoms with van der Waals surface area (Å²) >= 11 is 0. The van der Waals surface area contributed by atoms with Crippen LogP contribution in [0.3, 0.4) is 0 Å². The summed E-state index contributed by atoms with van der Waals surface area (Å²) in [6.07, 6.45) is 4.38. The molecule has 4 heteroatoms. The molecular weight excluding hydrogens is 250 g/mol. The van der Waals surface area contributed by atoms with Crippen molar-refractivity contribution in [3.05, 3.63) is 41.7 Å². The van der Waals surface area contributed by atoms with E-state index in [1.54, 1.807) is 7.11 Å². The van der Waals surface area contributed by atoms with Crippen molar-refractivity contribution in [3.63, 3.8) is 0 Å². The molecule has 0 aliphatic heterocycles. The highest BCUT2D eigenvalue weighted by Gasteiger charge is 2.10. The van der Waals surface area contributed by atoms with Crippen LogP contribution in [0.5, 0.6) is 0 Å². The number of para-hydroxylation sites is 1. The molecule has 0 saturated carbocycles. The van der Waals surface area contributed by atoms with E-state index in [1.165, 1.54) is 6.42 Å². The van der Waals surface area contributed by atoms with Gasteiger partial charge in [-0.1, -0.05) is 31.5 Å². The van der Waals surface area contributed by atoms with Crippen LogP contribution >= 0.6 is 0 Å². The van der Waals surface area contributed by atoms with Crippen LogP contribution in [0.2, 0.25) is 0 Å². The summed E-state index contributed by atoms with van der Waals surface area (Å²) in [7, 11) is 1.72. The second-order valence-corrected chi connectivity index (χ2v) is 4.92. The summed E-state index contributed by atoms with van der Waals surface area (Å²) < 4.78 is 7.39. The van der Waals surface area contributed by atoms with Crippen molar-refractivity contribution < 1.29 is 4.74 Å². The van der Waals surface area contributed by atoms with Gasteiger partial charge >= 0.3 is 0 Å². The molecule has 1 aromatic carbocycles. The van der Waals surface area contributed by atoms with E-state index in [4.69, 9.17) is 4.74 Å². The molecule has 108 valence electrons. The molecule has 4 nitrogen and oxygen atoms in total. The zero-order valence-corrected chi connectivity index (χ0v) is 12.5. The van der Waals surface area contributed by atoms with Gasteiger partial charge in [-0.3, -0.25) is 4.57 Å². The van der Waals surface area contributed by atoms with Crippen LogP contribution in [0.1, 0.15) is 31.0 Å². The molecule has 1 N–H and O–H groups in total. The third-order valence-corrected chi connectivity index (χ3v) is 3.19. The van der Waals surface area contributed by atoms with Gasteiger partial charge in [-0.25, -0.2) is 4.98 Å². The van der Waals surface area contributed by atoms with Crippen molar-refractivity contribution >= 4 is 5.95 Å². The number of benzene rings is 1. The molecule has 20 heavy (non-hydrogen) atoms. The number of nitrogens with one attached hydrogen (secondary N) is 1. The monoisotopic (exact) mass is 273 g/mol. The normalized spacial score (nSPS) is 10.8. The predicted octanol–water partition coefficient (Wildman–Crippen LogP) is 3.54. The maximum Gasteiger partial charge on any atom is 0.207 e. The van der Waals surface area contributed by atoms with Gasteiger partial charge in [-0.2, -0.15) is 0 Å². The third-order valence-electron chi connectivity index (χ3n) is 3.19.